The molecule has 0 radical (unpaired) electrons. The first-order chi connectivity index (χ1) is 15.0. The molecule has 31 heavy (non-hydrogen) atoms. The Morgan fingerprint density at radius 3 is 2.55 bits per heavy atom. The zero-order valence-electron chi connectivity index (χ0n) is 17.7. The molecule has 2 aromatic heterocycles. The monoisotopic (exact) mass is 429 g/mol. The molecule has 0 N–H and O–H groups in total. The molecular formula is C25H23N3O2S. The fourth-order valence-corrected chi connectivity index (χ4v) is 4.29. The molecule has 0 aliphatic carbocycles. The first kappa shape index (κ1) is 20.8. The largest absolute Gasteiger partial charge is 0.457 e. The molecule has 2 heterocycles. The molecule has 0 aliphatic rings. The second-order valence-corrected chi connectivity index (χ2v) is 9.16. The van der Waals surface area contributed by atoms with E-state index in [0.29, 0.717) is 28.5 Å². The molecule has 2 aromatic carbocycles. The Bertz CT molecular complexity index is 1320. The van der Waals surface area contributed by atoms with Crippen LogP contribution in [0.5, 0.6) is 11.5 Å². The minimum atomic E-state index is -0.907. The molecule has 6 heteroatoms. The van der Waals surface area contributed by atoms with Crippen molar-refractivity contribution in [3.8, 4) is 28.8 Å². The van der Waals surface area contributed by atoms with Crippen LogP contribution in [0.15, 0.2) is 66.9 Å². The molecule has 0 spiro atoms. The normalized spacial score (nSPS) is 12.1. The molecule has 0 saturated carbocycles. The van der Waals surface area contributed by atoms with Gasteiger partial charge in [-0.2, -0.15) is 5.26 Å². The van der Waals surface area contributed by atoms with Gasteiger partial charge in [0.2, 0.25) is 0 Å². The van der Waals surface area contributed by atoms with Crippen molar-refractivity contribution < 1.29 is 8.95 Å². The molecule has 0 amide bonds. The van der Waals surface area contributed by atoms with E-state index in [1.54, 1.807) is 12.3 Å². The van der Waals surface area contributed by atoms with E-state index in [1.807, 2.05) is 65.2 Å². The highest BCUT2D eigenvalue weighted by atomic mass is 32.2. The number of pyridine rings is 1. The van der Waals surface area contributed by atoms with Crippen LogP contribution in [0.4, 0.5) is 0 Å². The van der Waals surface area contributed by atoms with Gasteiger partial charge in [0.25, 0.3) is 0 Å². The Morgan fingerprint density at radius 1 is 1.10 bits per heavy atom. The molecular weight excluding hydrogens is 406 g/mol. The molecule has 0 fully saturated rings. The molecule has 0 aliphatic heterocycles. The maximum atomic E-state index is 11.5. The van der Waals surface area contributed by atoms with Crippen molar-refractivity contribution in [3.05, 3.63) is 83.7 Å². The summed E-state index contributed by atoms with van der Waals surface area (Å²) in [6.07, 6.45) is 3.63. The third-order valence-electron chi connectivity index (χ3n) is 4.96. The third kappa shape index (κ3) is 4.37. The summed E-state index contributed by atoms with van der Waals surface area (Å²) >= 11 is 0. The lowest BCUT2D eigenvalue weighted by Crippen LogP contribution is -1.95. The smallest absolute Gasteiger partial charge is 0.155 e. The highest BCUT2D eigenvalue weighted by molar-refractivity contribution is 7.83. The van der Waals surface area contributed by atoms with Gasteiger partial charge in [-0.15, -0.1) is 0 Å². The van der Waals surface area contributed by atoms with Gasteiger partial charge in [0.15, 0.2) is 5.65 Å². The van der Waals surface area contributed by atoms with E-state index in [1.165, 1.54) is 0 Å². The van der Waals surface area contributed by atoms with Crippen LogP contribution in [0.25, 0.3) is 16.9 Å². The van der Waals surface area contributed by atoms with Gasteiger partial charge in [-0.3, -0.25) is 8.61 Å². The van der Waals surface area contributed by atoms with Crippen LogP contribution in [0.1, 0.15) is 36.6 Å². The summed E-state index contributed by atoms with van der Waals surface area (Å²) in [7, 11) is -0.907. The minimum absolute atomic E-state index is 0.192. The zero-order chi connectivity index (χ0) is 22.0. The van der Waals surface area contributed by atoms with Crippen molar-refractivity contribution in [3.63, 3.8) is 0 Å². The second-order valence-electron chi connectivity index (χ2n) is 7.72. The fraction of sp³-hybridized carbons (Fsp3) is 0.200. The number of fused-ring (bicyclic) bond motifs is 1. The summed E-state index contributed by atoms with van der Waals surface area (Å²) in [5, 5.41) is 9.49. The van der Waals surface area contributed by atoms with Gasteiger partial charge in [-0.25, -0.2) is 4.98 Å². The lowest BCUT2D eigenvalue weighted by molar-refractivity contribution is 0.482. The van der Waals surface area contributed by atoms with Crippen molar-refractivity contribution in [1.82, 2.24) is 9.38 Å². The fourth-order valence-electron chi connectivity index (χ4n) is 3.64. The average molecular weight is 430 g/mol. The number of imidazole rings is 1. The van der Waals surface area contributed by atoms with Crippen molar-refractivity contribution in [2.24, 2.45) is 0 Å². The van der Waals surface area contributed by atoms with E-state index in [-0.39, 0.29) is 5.92 Å². The first-order valence-corrected chi connectivity index (χ1v) is 11.8. The van der Waals surface area contributed by atoms with Crippen LogP contribution >= 0.6 is 0 Å². The summed E-state index contributed by atoms with van der Waals surface area (Å²) in [5.41, 5.74) is 5.05. The Morgan fingerprint density at radius 2 is 1.84 bits per heavy atom. The molecule has 0 saturated heterocycles. The topological polar surface area (TPSA) is 67.4 Å². The molecule has 156 valence electrons. The van der Waals surface area contributed by atoms with Gasteiger partial charge in [-0.05, 0) is 47.9 Å². The number of hydrogen-bond donors (Lipinski definition) is 0. The zero-order valence-corrected chi connectivity index (χ0v) is 18.5. The number of rotatable bonds is 6. The van der Waals surface area contributed by atoms with Gasteiger partial charge < -0.3 is 4.74 Å². The lowest BCUT2D eigenvalue weighted by atomic mass is 10.0. The molecule has 1 atom stereocenters. The second kappa shape index (κ2) is 8.75. The summed E-state index contributed by atoms with van der Waals surface area (Å²) < 4.78 is 19.6. The number of hydrogen-bond acceptors (Lipinski definition) is 4. The summed E-state index contributed by atoms with van der Waals surface area (Å²) in [4.78, 5) is 4.78. The van der Waals surface area contributed by atoms with Crippen molar-refractivity contribution in [2.45, 2.75) is 25.5 Å². The Labute approximate surface area is 184 Å². The molecule has 5 nitrogen and oxygen atoms in total. The molecule has 1 unspecified atom stereocenters. The maximum Gasteiger partial charge on any atom is 0.155 e. The predicted molar refractivity (Wildman–Crippen MR) is 124 cm³/mol. The molecule has 4 rings (SSSR count). The Balaban J connectivity index is 1.76. The van der Waals surface area contributed by atoms with E-state index in [2.05, 4.69) is 19.9 Å². The first-order valence-electron chi connectivity index (χ1n) is 10.0. The third-order valence-corrected chi connectivity index (χ3v) is 5.70. The highest BCUT2D eigenvalue weighted by Gasteiger charge is 2.19. The van der Waals surface area contributed by atoms with Gasteiger partial charge >= 0.3 is 0 Å². The standard InChI is InChI=1S/C25H23N3O2S/c1-17(2)23-24(28-12-6-9-20(15-26)25(28)27-23)19-8-5-11-22(14-19)30-21-10-4-7-18(13-21)16-31(3)29/h4-14,17H,16H2,1-3H3. The van der Waals surface area contributed by atoms with Gasteiger partial charge in [0, 0.05) is 34.6 Å². The predicted octanol–water partition coefficient (Wildman–Crippen LogP) is 5.67. The molecule has 0 bridgehead atoms. The van der Waals surface area contributed by atoms with E-state index >= 15 is 0 Å². The maximum absolute atomic E-state index is 11.5. The van der Waals surface area contributed by atoms with Gasteiger partial charge in [0.05, 0.1) is 17.0 Å². The number of benzene rings is 2. The van der Waals surface area contributed by atoms with Gasteiger partial charge in [0.1, 0.15) is 17.6 Å². The van der Waals surface area contributed by atoms with Crippen molar-refractivity contribution in [2.75, 3.05) is 6.26 Å². The summed E-state index contributed by atoms with van der Waals surface area (Å²) in [6.45, 7) is 4.20. The van der Waals surface area contributed by atoms with E-state index < -0.39 is 10.8 Å². The van der Waals surface area contributed by atoms with Crippen LogP contribution in [0, 0.1) is 11.3 Å². The Hall–Kier alpha value is -3.43. The SMILES string of the molecule is CC(C)c1nc2c(C#N)cccn2c1-c1cccc(Oc2cccc(CS(C)=O)c2)c1. The highest BCUT2D eigenvalue weighted by Crippen LogP contribution is 2.34. The van der Waals surface area contributed by atoms with Crippen molar-refractivity contribution in [1.29, 1.82) is 5.26 Å². The van der Waals surface area contributed by atoms with Gasteiger partial charge in [-0.1, -0.05) is 38.1 Å². The average Bonchev–Trinajstić information content (AvgIpc) is 3.14. The summed E-state index contributed by atoms with van der Waals surface area (Å²) in [6, 6.07) is 21.4. The Kier molecular flexibility index (Phi) is 5.88. The van der Waals surface area contributed by atoms with Crippen LogP contribution in [0.2, 0.25) is 0 Å². The van der Waals surface area contributed by atoms with E-state index in [9.17, 15) is 9.47 Å². The number of ether oxygens (including phenoxy) is 1. The van der Waals surface area contributed by atoms with Crippen LogP contribution < -0.4 is 4.74 Å². The quantitative estimate of drug-likeness (QED) is 0.396. The number of nitrogens with zero attached hydrogens (tertiary/aromatic N) is 3. The summed E-state index contributed by atoms with van der Waals surface area (Å²) in [5.74, 6) is 2.10. The van der Waals surface area contributed by atoms with Crippen LogP contribution in [-0.4, -0.2) is 19.8 Å². The van der Waals surface area contributed by atoms with Crippen LogP contribution in [0.3, 0.4) is 0 Å². The minimum Gasteiger partial charge on any atom is -0.457 e. The van der Waals surface area contributed by atoms with E-state index in [4.69, 9.17) is 9.72 Å². The molecule has 4 aromatic rings. The number of aromatic nitrogens is 2. The number of nitriles is 1. The van der Waals surface area contributed by atoms with E-state index in [0.717, 1.165) is 22.5 Å². The van der Waals surface area contributed by atoms with Crippen molar-refractivity contribution >= 4 is 16.4 Å². The van der Waals surface area contributed by atoms with Crippen LogP contribution in [-0.2, 0) is 16.6 Å². The lowest BCUT2D eigenvalue weighted by Gasteiger charge is -2.11.